The fraction of sp³-hybridized carbons (Fsp3) is 0.158. The van der Waals surface area contributed by atoms with Gasteiger partial charge in [-0.25, -0.2) is 0 Å². The normalized spacial score (nSPS) is 12.5. The minimum Gasteiger partial charge on any atom is -0.454 e. The molecular weight excluding hydrogens is 469 g/mol. The van der Waals surface area contributed by atoms with E-state index in [0.717, 1.165) is 35.2 Å². The zero-order chi connectivity index (χ0) is 22.7. The number of benzene rings is 2. The van der Waals surface area contributed by atoms with Crippen molar-refractivity contribution in [2.24, 2.45) is 0 Å². The molecule has 2 aromatic carbocycles. The molecule has 1 aliphatic heterocycles. The molecule has 1 aliphatic rings. The molecule has 2 N–H and O–H groups in total. The van der Waals surface area contributed by atoms with E-state index in [9.17, 15) is 22.8 Å². The van der Waals surface area contributed by atoms with Crippen molar-refractivity contribution in [2.75, 3.05) is 23.2 Å². The molecule has 0 fully saturated rings. The Morgan fingerprint density at radius 3 is 2.69 bits per heavy atom. The summed E-state index contributed by atoms with van der Waals surface area (Å²) < 4.78 is 49.1. The number of rotatable bonds is 6. The molecule has 0 spiro atoms. The fourth-order valence-corrected chi connectivity index (χ4v) is 4.17. The number of alkyl halides is 3. The number of nitrogens with zero attached hydrogens (tertiary/aromatic N) is 2. The van der Waals surface area contributed by atoms with Crippen molar-refractivity contribution < 1.29 is 32.2 Å². The lowest BCUT2D eigenvalue weighted by molar-refractivity contribution is -0.137. The highest BCUT2D eigenvalue weighted by atomic mass is 32.2. The van der Waals surface area contributed by atoms with Crippen molar-refractivity contribution in [1.29, 1.82) is 0 Å². The van der Waals surface area contributed by atoms with Crippen molar-refractivity contribution in [3.63, 3.8) is 0 Å². The molecule has 8 nitrogen and oxygen atoms in total. The summed E-state index contributed by atoms with van der Waals surface area (Å²) in [6, 6.07) is 9.12. The van der Waals surface area contributed by atoms with Gasteiger partial charge in [-0.2, -0.15) is 13.2 Å². The van der Waals surface area contributed by atoms with E-state index in [4.69, 9.17) is 9.47 Å². The Balaban J connectivity index is 1.30. The summed E-state index contributed by atoms with van der Waals surface area (Å²) in [5, 5.41) is 13.0. The number of fused-ring (bicyclic) bond motifs is 1. The van der Waals surface area contributed by atoms with E-state index in [1.807, 2.05) is 0 Å². The standard InChI is InChI=1S/C19H13F3N4O4S2/c20-19(21,22)11-2-1-3-12(7-11)23-15(27)8-31-18-26-25-17(32-18)24-16(28)10-4-5-13-14(6-10)30-9-29-13/h1-7H,8-9H2,(H,23,27)(H,24,25,28). The van der Waals surface area contributed by atoms with Crippen LogP contribution >= 0.6 is 23.1 Å². The molecule has 3 aromatic rings. The number of carbonyl (C=O) groups excluding carboxylic acids is 2. The molecule has 2 heterocycles. The molecule has 2 amide bonds. The highest BCUT2D eigenvalue weighted by Gasteiger charge is 2.30. The van der Waals surface area contributed by atoms with E-state index in [-0.39, 0.29) is 23.4 Å². The number of nitrogens with one attached hydrogen (secondary N) is 2. The van der Waals surface area contributed by atoms with E-state index in [2.05, 4.69) is 20.8 Å². The van der Waals surface area contributed by atoms with E-state index in [1.54, 1.807) is 18.2 Å². The van der Waals surface area contributed by atoms with Crippen molar-refractivity contribution in [3.05, 3.63) is 53.6 Å². The molecule has 32 heavy (non-hydrogen) atoms. The average molecular weight is 482 g/mol. The average Bonchev–Trinajstić information content (AvgIpc) is 3.40. The van der Waals surface area contributed by atoms with Gasteiger partial charge in [0.05, 0.1) is 11.3 Å². The number of carbonyl (C=O) groups is 2. The van der Waals surface area contributed by atoms with Crippen LogP contribution < -0.4 is 20.1 Å². The van der Waals surface area contributed by atoms with Crippen LogP contribution in [0.15, 0.2) is 46.8 Å². The summed E-state index contributed by atoms with van der Waals surface area (Å²) in [7, 11) is 0. The number of ether oxygens (including phenoxy) is 2. The van der Waals surface area contributed by atoms with Gasteiger partial charge in [0.25, 0.3) is 5.91 Å². The molecule has 0 saturated carbocycles. The van der Waals surface area contributed by atoms with Crippen LogP contribution in [0.2, 0.25) is 0 Å². The number of anilines is 2. The molecule has 166 valence electrons. The van der Waals surface area contributed by atoms with Gasteiger partial charge in [-0.1, -0.05) is 29.2 Å². The van der Waals surface area contributed by atoms with E-state index in [0.29, 0.717) is 21.4 Å². The van der Waals surface area contributed by atoms with Crippen molar-refractivity contribution in [1.82, 2.24) is 10.2 Å². The van der Waals surface area contributed by atoms with Crippen LogP contribution in [0.25, 0.3) is 0 Å². The smallest absolute Gasteiger partial charge is 0.416 e. The van der Waals surface area contributed by atoms with Gasteiger partial charge in [-0.3, -0.25) is 14.9 Å². The molecule has 0 aliphatic carbocycles. The second-order valence-electron chi connectivity index (χ2n) is 6.31. The van der Waals surface area contributed by atoms with Gasteiger partial charge in [-0.05, 0) is 36.4 Å². The van der Waals surface area contributed by atoms with Crippen LogP contribution in [0.3, 0.4) is 0 Å². The van der Waals surface area contributed by atoms with Crippen molar-refractivity contribution in [3.8, 4) is 11.5 Å². The largest absolute Gasteiger partial charge is 0.454 e. The Morgan fingerprint density at radius 1 is 1.06 bits per heavy atom. The second-order valence-corrected chi connectivity index (χ2v) is 8.51. The zero-order valence-electron chi connectivity index (χ0n) is 15.9. The van der Waals surface area contributed by atoms with Gasteiger partial charge in [0, 0.05) is 11.3 Å². The Kier molecular flexibility index (Phi) is 6.19. The Bertz CT molecular complexity index is 1170. The van der Waals surface area contributed by atoms with Crippen LogP contribution in [0, 0.1) is 0 Å². The molecule has 0 radical (unpaired) electrons. The Morgan fingerprint density at radius 2 is 1.88 bits per heavy atom. The van der Waals surface area contributed by atoms with Crippen LogP contribution in [-0.4, -0.2) is 34.6 Å². The molecule has 4 rings (SSSR count). The summed E-state index contributed by atoms with van der Waals surface area (Å²) in [4.78, 5) is 24.4. The van der Waals surface area contributed by atoms with Gasteiger partial charge >= 0.3 is 6.18 Å². The van der Waals surface area contributed by atoms with Crippen LogP contribution in [0.1, 0.15) is 15.9 Å². The molecule has 0 saturated heterocycles. The Hall–Kier alpha value is -3.32. The first-order valence-electron chi connectivity index (χ1n) is 8.92. The minimum absolute atomic E-state index is 0.0411. The monoisotopic (exact) mass is 482 g/mol. The van der Waals surface area contributed by atoms with Gasteiger partial charge in [-0.15, -0.1) is 10.2 Å². The third-order valence-corrected chi connectivity index (χ3v) is 6.03. The SMILES string of the molecule is O=C(CSc1nnc(NC(=O)c2ccc3c(c2)OCO3)s1)Nc1cccc(C(F)(F)F)c1. The topological polar surface area (TPSA) is 102 Å². The van der Waals surface area contributed by atoms with Gasteiger partial charge in [0.15, 0.2) is 15.8 Å². The predicted octanol–water partition coefficient (Wildman–Crippen LogP) is 4.27. The first-order chi connectivity index (χ1) is 15.3. The summed E-state index contributed by atoms with van der Waals surface area (Å²) in [6.45, 7) is 0.0960. The highest BCUT2D eigenvalue weighted by molar-refractivity contribution is 8.01. The molecule has 0 atom stereocenters. The van der Waals surface area contributed by atoms with E-state index in [1.165, 1.54) is 12.1 Å². The molecule has 0 unspecified atom stereocenters. The maximum Gasteiger partial charge on any atom is 0.416 e. The van der Waals surface area contributed by atoms with Crippen LogP contribution in [0.4, 0.5) is 24.0 Å². The van der Waals surface area contributed by atoms with Crippen molar-refractivity contribution in [2.45, 2.75) is 10.5 Å². The fourth-order valence-electron chi connectivity index (χ4n) is 2.62. The third kappa shape index (κ3) is 5.29. The summed E-state index contributed by atoms with van der Waals surface area (Å²) in [5.74, 6) is 0.00678. The first-order valence-corrected chi connectivity index (χ1v) is 10.7. The third-order valence-electron chi connectivity index (χ3n) is 4.06. The lowest BCUT2D eigenvalue weighted by Gasteiger charge is -2.09. The first kappa shape index (κ1) is 21.9. The number of thioether (sulfide) groups is 1. The number of amides is 2. The summed E-state index contributed by atoms with van der Waals surface area (Å²) in [5.41, 5.74) is -0.464. The zero-order valence-corrected chi connectivity index (χ0v) is 17.6. The van der Waals surface area contributed by atoms with Crippen molar-refractivity contribution >= 4 is 45.7 Å². The van der Waals surface area contributed by atoms with Gasteiger partial charge < -0.3 is 14.8 Å². The van der Waals surface area contributed by atoms with Crippen LogP contribution in [-0.2, 0) is 11.0 Å². The van der Waals surface area contributed by atoms with Crippen LogP contribution in [0.5, 0.6) is 11.5 Å². The van der Waals surface area contributed by atoms with E-state index < -0.39 is 23.6 Å². The number of halogens is 3. The highest BCUT2D eigenvalue weighted by Crippen LogP contribution is 2.33. The summed E-state index contributed by atoms with van der Waals surface area (Å²) in [6.07, 6.45) is -4.50. The lowest BCUT2D eigenvalue weighted by atomic mass is 10.2. The second kappa shape index (κ2) is 9.04. The summed E-state index contributed by atoms with van der Waals surface area (Å²) >= 11 is 2.10. The maximum atomic E-state index is 12.8. The number of aromatic nitrogens is 2. The Labute approximate surface area is 187 Å². The van der Waals surface area contributed by atoms with E-state index >= 15 is 0 Å². The lowest BCUT2D eigenvalue weighted by Crippen LogP contribution is -2.15. The van der Waals surface area contributed by atoms with Gasteiger partial charge in [0.2, 0.25) is 17.8 Å². The quantitative estimate of drug-likeness (QED) is 0.400. The number of hydrogen-bond acceptors (Lipinski definition) is 8. The molecular formula is C19H13F3N4O4S2. The molecule has 0 bridgehead atoms. The molecule has 1 aromatic heterocycles. The maximum absolute atomic E-state index is 12.8. The minimum atomic E-state index is -4.50. The van der Waals surface area contributed by atoms with Gasteiger partial charge in [0.1, 0.15) is 0 Å². The predicted molar refractivity (Wildman–Crippen MR) is 111 cm³/mol. The number of hydrogen-bond donors (Lipinski definition) is 2. The molecule has 13 heteroatoms.